The van der Waals surface area contributed by atoms with Crippen LogP contribution in [0.2, 0.25) is 0 Å². The van der Waals surface area contributed by atoms with Crippen LogP contribution >= 0.6 is 11.6 Å². The van der Waals surface area contributed by atoms with Gasteiger partial charge in [-0.3, -0.25) is 4.98 Å². The standard InChI is InChI=1S/C13H14ClNO/c14-7-2-5-13(16)11-4-1-3-10-6-8-15-9-12(10)11/h1,3-4,6,8-9,13,16H,2,5,7H2. The van der Waals surface area contributed by atoms with Gasteiger partial charge in [0.15, 0.2) is 0 Å². The van der Waals surface area contributed by atoms with Gasteiger partial charge in [-0.15, -0.1) is 11.6 Å². The summed E-state index contributed by atoms with van der Waals surface area (Å²) in [5.41, 5.74) is 0.940. The molecule has 0 aliphatic heterocycles. The van der Waals surface area contributed by atoms with Crippen LogP contribution in [0, 0.1) is 0 Å². The average molecular weight is 236 g/mol. The van der Waals surface area contributed by atoms with Gasteiger partial charge in [-0.1, -0.05) is 18.2 Å². The fourth-order valence-corrected chi connectivity index (χ4v) is 2.01. The zero-order valence-electron chi connectivity index (χ0n) is 8.94. The van der Waals surface area contributed by atoms with Crippen molar-refractivity contribution in [3.8, 4) is 0 Å². The highest BCUT2D eigenvalue weighted by Crippen LogP contribution is 2.26. The van der Waals surface area contributed by atoms with Crippen LogP contribution in [0.3, 0.4) is 0 Å². The van der Waals surface area contributed by atoms with Crippen molar-refractivity contribution in [2.24, 2.45) is 0 Å². The second-order valence-corrected chi connectivity index (χ2v) is 4.17. The maximum absolute atomic E-state index is 10.1. The molecule has 1 aromatic carbocycles. The predicted octanol–water partition coefficient (Wildman–Crippen LogP) is 3.29. The number of fused-ring (bicyclic) bond motifs is 1. The van der Waals surface area contributed by atoms with Gasteiger partial charge in [-0.2, -0.15) is 0 Å². The molecule has 2 rings (SSSR count). The van der Waals surface area contributed by atoms with E-state index in [1.54, 1.807) is 12.4 Å². The van der Waals surface area contributed by atoms with Crippen LogP contribution in [0.25, 0.3) is 10.8 Å². The molecule has 84 valence electrons. The molecule has 0 fully saturated rings. The highest BCUT2D eigenvalue weighted by atomic mass is 35.5. The van der Waals surface area contributed by atoms with Gasteiger partial charge in [-0.25, -0.2) is 0 Å². The molecule has 1 unspecified atom stereocenters. The van der Waals surface area contributed by atoms with Crippen LogP contribution in [0.15, 0.2) is 36.7 Å². The summed E-state index contributed by atoms with van der Waals surface area (Å²) in [5, 5.41) is 12.2. The Morgan fingerprint density at radius 2 is 2.19 bits per heavy atom. The Kier molecular flexibility index (Phi) is 3.75. The average Bonchev–Trinajstić information content (AvgIpc) is 2.35. The Bertz CT molecular complexity index is 467. The van der Waals surface area contributed by atoms with E-state index in [-0.39, 0.29) is 0 Å². The maximum Gasteiger partial charge on any atom is 0.0797 e. The van der Waals surface area contributed by atoms with E-state index in [1.165, 1.54) is 0 Å². The number of alkyl halides is 1. The molecule has 0 aliphatic rings. The largest absolute Gasteiger partial charge is 0.388 e. The normalized spacial score (nSPS) is 12.9. The van der Waals surface area contributed by atoms with Gasteiger partial charge >= 0.3 is 0 Å². The summed E-state index contributed by atoms with van der Waals surface area (Å²) >= 11 is 5.63. The fraction of sp³-hybridized carbons (Fsp3) is 0.308. The van der Waals surface area contributed by atoms with Crippen molar-refractivity contribution in [3.05, 3.63) is 42.2 Å². The highest BCUT2D eigenvalue weighted by Gasteiger charge is 2.10. The van der Waals surface area contributed by atoms with Crippen molar-refractivity contribution in [1.29, 1.82) is 0 Å². The van der Waals surface area contributed by atoms with Gasteiger partial charge in [0.05, 0.1) is 6.10 Å². The van der Waals surface area contributed by atoms with E-state index < -0.39 is 6.10 Å². The Hall–Kier alpha value is -1.12. The number of pyridine rings is 1. The van der Waals surface area contributed by atoms with E-state index in [9.17, 15) is 5.11 Å². The second kappa shape index (κ2) is 5.28. The number of rotatable bonds is 4. The first-order valence-corrected chi connectivity index (χ1v) is 5.93. The van der Waals surface area contributed by atoms with Crippen molar-refractivity contribution in [1.82, 2.24) is 4.98 Å². The Morgan fingerprint density at radius 3 is 3.00 bits per heavy atom. The molecule has 0 spiro atoms. The molecule has 3 heteroatoms. The van der Waals surface area contributed by atoms with Gasteiger partial charge < -0.3 is 5.11 Å². The van der Waals surface area contributed by atoms with Gasteiger partial charge in [0, 0.05) is 23.7 Å². The number of hydrogen-bond acceptors (Lipinski definition) is 2. The molecule has 0 amide bonds. The molecule has 1 N–H and O–H groups in total. The topological polar surface area (TPSA) is 33.1 Å². The fourth-order valence-electron chi connectivity index (χ4n) is 1.85. The van der Waals surface area contributed by atoms with Crippen LogP contribution in [0.4, 0.5) is 0 Å². The van der Waals surface area contributed by atoms with E-state index in [1.807, 2.05) is 24.3 Å². The summed E-state index contributed by atoms with van der Waals surface area (Å²) in [6, 6.07) is 7.88. The molecule has 0 aliphatic carbocycles. The first kappa shape index (κ1) is 11.4. The summed E-state index contributed by atoms with van der Waals surface area (Å²) in [6.45, 7) is 0. The molecule has 2 nitrogen and oxygen atoms in total. The molecule has 0 saturated heterocycles. The molecule has 16 heavy (non-hydrogen) atoms. The molecule has 0 bridgehead atoms. The summed E-state index contributed by atoms with van der Waals surface area (Å²) < 4.78 is 0. The van der Waals surface area contributed by atoms with E-state index in [0.29, 0.717) is 12.3 Å². The minimum atomic E-state index is -0.452. The highest BCUT2D eigenvalue weighted by molar-refractivity contribution is 6.17. The SMILES string of the molecule is OC(CCCCl)c1cccc2ccncc12. The van der Waals surface area contributed by atoms with Gasteiger partial charge in [0.2, 0.25) is 0 Å². The number of aliphatic hydroxyl groups excluding tert-OH is 1. The van der Waals surface area contributed by atoms with Crippen LogP contribution in [-0.2, 0) is 0 Å². The first-order valence-electron chi connectivity index (χ1n) is 5.39. The molecule has 1 atom stereocenters. The van der Waals surface area contributed by atoms with Gasteiger partial charge in [0.25, 0.3) is 0 Å². The van der Waals surface area contributed by atoms with Crippen molar-refractivity contribution >= 4 is 22.4 Å². The van der Waals surface area contributed by atoms with Crippen molar-refractivity contribution in [2.75, 3.05) is 5.88 Å². The van der Waals surface area contributed by atoms with E-state index in [2.05, 4.69) is 4.98 Å². The lowest BCUT2D eigenvalue weighted by Crippen LogP contribution is -1.99. The number of aromatic nitrogens is 1. The van der Waals surface area contributed by atoms with Crippen LogP contribution in [0.5, 0.6) is 0 Å². The van der Waals surface area contributed by atoms with Crippen LogP contribution in [-0.4, -0.2) is 16.0 Å². The molecule has 1 heterocycles. The predicted molar refractivity (Wildman–Crippen MR) is 66.7 cm³/mol. The third kappa shape index (κ3) is 2.34. The molecular formula is C13H14ClNO. The zero-order chi connectivity index (χ0) is 11.4. The third-order valence-electron chi connectivity index (χ3n) is 2.69. The van der Waals surface area contributed by atoms with Gasteiger partial charge in [0.1, 0.15) is 0 Å². The lowest BCUT2D eigenvalue weighted by atomic mass is 9.99. The summed E-state index contributed by atoms with van der Waals surface area (Å²) in [4.78, 5) is 4.10. The number of halogens is 1. The molecule has 2 aromatic rings. The van der Waals surface area contributed by atoms with E-state index >= 15 is 0 Å². The van der Waals surface area contributed by atoms with Crippen LogP contribution < -0.4 is 0 Å². The van der Waals surface area contributed by atoms with E-state index in [0.717, 1.165) is 22.8 Å². The molecule has 0 saturated carbocycles. The number of nitrogens with zero attached hydrogens (tertiary/aromatic N) is 1. The number of aliphatic hydroxyl groups is 1. The zero-order valence-corrected chi connectivity index (χ0v) is 9.69. The smallest absolute Gasteiger partial charge is 0.0797 e. The number of benzene rings is 1. The summed E-state index contributed by atoms with van der Waals surface area (Å²) in [7, 11) is 0. The third-order valence-corrected chi connectivity index (χ3v) is 2.95. The summed E-state index contributed by atoms with van der Waals surface area (Å²) in [6.07, 6.45) is 4.62. The van der Waals surface area contributed by atoms with Crippen molar-refractivity contribution in [2.45, 2.75) is 18.9 Å². The lowest BCUT2D eigenvalue weighted by Gasteiger charge is -2.12. The quantitative estimate of drug-likeness (QED) is 0.825. The molecule has 0 radical (unpaired) electrons. The maximum atomic E-state index is 10.1. The minimum absolute atomic E-state index is 0.452. The van der Waals surface area contributed by atoms with E-state index in [4.69, 9.17) is 11.6 Å². The van der Waals surface area contributed by atoms with Crippen LogP contribution in [0.1, 0.15) is 24.5 Å². The Balaban J connectivity index is 2.36. The molecule has 1 aromatic heterocycles. The first-order chi connectivity index (χ1) is 7.83. The van der Waals surface area contributed by atoms with Crippen molar-refractivity contribution < 1.29 is 5.11 Å². The van der Waals surface area contributed by atoms with Crippen molar-refractivity contribution in [3.63, 3.8) is 0 Å². The van der Waals surface area contributed by atoms with Gasteiger partial charge in [-0.05, 0) is 29.9 Å². The minimum Gasteiger partial charge on any atom is -0.388 e. The second-order valence-electron chi connectivity index (χ2n) is 3.79. The lowest BCUT2D eigenvalue weighted by molar-refractivity contribution is 0.168. The molecular weight excluding hydrogens is 222 g/mol. The number of hydrogen-bond donors (Lipinski definition) is 1. The monoisotopic (exact) mass is 235 g/mol. The Labute approximate surface area is 99.9 Å². The summed E-state index contributed by atoms with van der Waals surface area (Å²) in [5.74, 6) is 0.583. The Morgan fingerprint density at radius 1 is 1.31 bits per heavy atom.